The molecule has 0 saturated carbocycles. The van der Waals surface area contributed by atoms with Gasteiger partial charge in [0.1, 0.15) is 5.41 Å². The number of carbonyl (C=O) groups excluding carboxylic acids is 1. The number of amides is 1. The van der Waals surface area contributed by atoms with E-state index in [0.717, 1.165) is 5.69 Å². The van der Waals surface area contributed by atoms with Gasteiger partial charge in [0.15, 0.2) is 0 Å². The van der Waals surface area contributed by atoms with Crippen molar-refractivity contribution >= 4 is 5.91 Å². The van der Waals surface area contributed by atoms with Crippen molar-refractivity contribution < 1.29 is 9.53 Å². The second-order valence-electron chi connectivity index (χ2n) is 4.46. The van der Waals surface area contributed by atoms with Gasteiger partial charge in [-0.2, -0.15) is 0 Å². The fourth-order valence-corrected chi connectivity index (χ4v) is 1.89. The normalized spacial score (nSPS) is 17.3. The van der Waals surface area contributed by atoms with Crippen LogP contribution in [-0.2, 0) is 16.1 Å². The average Bonchev–Trinajstić information content (AvgIpc) is 2.29. The van der Waals surface area contributed by atoms with E-state index in [-0.39, 0.29) is 5.91 Å². The van der Waals surface area contributed by atoms with Crippen LogP contribution < -0.4 is 5.73 Å². The van der Waals surface area contributed by atoms with Gasteiger partial charge in [-0.05, 0) is 12.1 Å². The molecule has 0 radical (unpaired) electrons. The number of pyridine rings is 1. The number of nitrogens with two attached hydrogens (primary N) is 1. The molecule has 5 nitrogen and oxygen atoms in total. The molecular weight excluding hydrogens is 218 g/mol. The maximum Gasteiger partial charge on any atom is 0.234 e. The minimum Gasteiger partial charge on any atom is -0.379 e. The van der Waals surface area contributed by atoms with Gasteiger partial charge in [-0.1, -0.05) is 6.07 Å². The third-order valence-corrected chi connectivity index (χ3v) is 3.07. The van der Waals surface area contributed by atoms with Crippen LogP contribution in [0, 0.1) is 5.41 Å². The van der Waals surface area contributed by atoms with Gasteiger partial charge >= 0.3 is 0 Å². The van der Waals surface area contributed by atoms with Crippen molar-refractivity contribution in [3.63, 3.8) is 0 Å². The van der Waals surface area contributed by atoms with Gasteiger partial charge in [0.2, 0.25) is 5.91 Å². The first-order chi connectivity index (χ1) is 8.18. The maximum absolute atomic E-state index is 12.2. The lowest BCUT2D eigenvalue weighted by atomic mass is 9.84. The van der Waals surface area contributed by atoms with Crippen LogP contribution in [0.5, 0.6) is 0 Å². The molecule has 0 atom stereocenters. The van der Waals surface area contributed by atoms with Crippen molar-refractivity contribution in [2.75, 3.05) is 26.8 Å². The largest absolute Gasteiger partial charge is 0.379 e. The van der Waals surface area contributed by atoms with Gasteiger partial charge in [0, 0.05) is 19.8 Å². The Kier molecular flexibility index (Phi) is 3.40. The average molecular weight is 235 g/mol. The summed E-state index contributed by atoms with van der Waals surface area (Å²) in [6, 6.07) is 5.66. The molecule has 0 aliphatic carbocycles. The van der Waals surface area contributed by atoms with Crippen molar-refractivity contribution in [2.24, 2.45) is 11.1 Å². The van der Waals surface area contributed by atoms with E-state index in [1.54, 1.807) is 18.1 Å². The van der Waals surface area contributed by atoms with E-state index in [4.69, 9.17) is 10.5 Å². The van der Waals surface area contributed by atoms with E-state index in [9.17, 15) is 4.79 Å². The van der Waals surface area contributed by atoms with Crippen molar-refractivity contribution in [1.29, 1.82) is 0 Å². The molecule has 17 heavy (non-hydrogen) atoms. The summed E-state index contributed by atoms with van der Waals surface area (Å²) < 4.78 is 5.11. The minimum atomic E-state index is -0.510. The second kappa shape index (κ2) is 4.81. The molecule has 0 unspecified atom stereocenters. The van der Waals surface area contributed by atoms with Crippen LogP contribution >= 0.6 is 0 Å². The van der Waals surface area contributed by atoms with E-state index in [1.165, 1.54) is 0 Å². The van der Waals surface area contributed by atoms with Crippen LogP contribution in [0.4, 0.5) is 0 Å². The molecule has 2 N–H and O–H groups in total. The number of rotatable bonds is 4. The molecule has 1 aromatic rings. The lowest BCUT2D eigenvalue weighted by Gasteiger charge is -2.41. The quantitative estimate of drug-likeness (QED) is 0.798. The smallest absolute Gasteiger partial charge is 0.234 e. The number of aromatic nitrogens is 1. The van der Waals surface area contributed by atoms with Crippen LogP contribution in [0.1, 0.15) is 5.69 Å². The summed E-state index contributed by atoms with van der Waals surface area (Å²) in [5.41, 5.74) is 6.02. The molecular formula is C12H17N3O2. The van der Waals surface area contributed by atoms with Gasteiger partial charge < -0.3 is 15.4 Å². The van der Waals surface area contributed by atoms with Crippen LogP contribution in [0.3, 0.4) is 0 Å². The summed E-state index contributed by atoms with van der Waals surface area (Å²) in [5, 5.41) is 0. The van der Waals surface area contributed by atoms with Gasteiger partial charge in [-0.3, -0.25) is 9.78 Å². The molecule has 1 aliphatic rings. The minimum absolute atomic E-state index is 0.0388. The van der Waals surface area contributed by atoms with E-state index in [1.807, 2.05) is 18.2 Å². The van der Waals surface area contributed by atoms with Crippen molar-refractivity contribution in [1.82, 2.24) is 9.88 Å². The van der Waals surface area contributed by atoms with Crippen molar-refractivity contribution in [3.05, 3.63) is 30.1 Å². The Morgan fingerprint density at radius 1 is 1.59 bits per heavy atom. The highest BCUT2D eigenvalue weighted by Gasteiger charge is 2.46. The van der Waals surface area contributed by atoms with Crippen molar-refractivity contribution in [2.45, 2.75) is 6.54 Å². The molecule has 1 aliphatic heterocycles. The number of hydrogen-bond acceptors (Lipinski definition) is 4. The van der Waals surface area contributed by atoms with Crippen LogP contribution in [0.15, 0.2) is 24.4 Å². The van der Waals surface area contributed by atoms with Gasteiger partial charge in [0.05, 0.1) is 25.5 Å². The lowest BCUT2D eigenvalue weighted by Crippen LogP contribution is -2.58. The molecule has 92 valence electrons. The van der Waals surface area contributed by atoms with Crippen LogP contribution in [0.25, 0.3) is 0 Å². The highest BCUT2D eigenvalue weighted by Crippen LogP contribution is 2.28. The van der Waals surface area contributed by atoms with E-state index >= 15 is 0 Å². The first-order valence-corrected chi connectivity index (χ1v) is 5.61. The number of hydrogen-bond donors (Lipinski definition) is 1. The molecule has 0 bridgehead atoms. The van der Waals surface area contributed by atoms with Crippen molar-refractivity contribution in [3.8, 4) is 0 Å². The zero-order chi connectivity index (χ0) is 12.3. The highest BCUT2D eigenvalue weighted by atomic mass is 16.5. The fraction of sp³-hybridized carbons (Fsp3) is 0.500. The Labute approximate surface area is 101 Å². The zero-order valence-electron chi connectivity index (χ0n) is 9.93. The highest BCUT2D eigenvalue weighted by molar-refractivity contribution is 5.83. The van der Waals surface area contributed by atoms with Gasteiger partial charge in [0.25, 0.3) is 0 Å². The Morgan fingerprint density at radius 3 is 2.82 bits per heavy atom. The molecule has 5 heteroatoms. The number of ether oxygens (including phenoxy) is 1. The first kappa shape index (κ1) is 12.0. The topological polar surface area (TPSA) is 68.5 Å². The molecule has 1 amide bonds. The third-order valence-electron chi connectivity index (χ3n) is 3.07. The summed E-state index contributed by atoms with van der Waals surface area (Å²) in [5.74, 6) is 0.0388. The molecule has 1 aromatic heterocycles. The predicted octanol–water partition coefficient (Wildman–Crippen LogP) is 0.0153. The Bertz CT molecular complexity index is 384. The van der Waals surface area contributed by atoms with E-state index < -0.39 is 5.41 Å². The lowest BCUT2D eigenvalue weighted by molar-refractivity contribution is -0.169. The zero-order valence-corrected chi connectivity index (χ0v) is 9.93. The summed E-state index contributed by atoms with van der Waals surface area (Å²) in [6.45, 7) is 1.68. The summed E-state index contributed by atoms with van der Waals surface area (Å²) in [6.07, 6.45) is 1.72. The maximum atomic E-state index is 12.2. The molecule has 1 saturated heterocycles. The molecule has 0 spiro atoms. The molecule has 0 aromatic carbocycles. The third kappa shape index (κ3) is 2.30. The number of nitrogens with zero attached hydrogens (tertiary/aromatic N) is 2. The first-order valence-electron chi connectivity index (χ1n) is 5.61. The van der Waals surface area contributed by atoms with Crippen LogP contribution in [0.2, 0.25) is 0 Å². The SMILES string of the molecule is CN(Cc1ccccn1)C(=O)C1(CN)COC1. The summed E-state index contributed by atoms with van der Waals surface area (Å²) in [4.78, 5) is 18.1. The predicted molar refractivity (Wildman–Crippen MR) is 63.0 cm³/mol. The van der Waals surface area contributed by atoms with Gasteiger partial charge in [-0.15, -0.1) is 0 Å². The Hall–Kier alpha value is -1.46. The monoisotopic (exact) mass is 235 g/mol. The molecule has 1 fully saturated rings. The molecule has 2 rings (SSSR count). The van der Waals surface area contributed by atoms with E-state index in [0.29, 0.717) is 26.3 Å². The summed E-state index contributed by atoms with van der Waals surface area (Å²) >= 11 is 0. The van der Waals surface area contributed by atoms with Gasteiger partial charge in [-0.25, -0.2) is 0 Å². The second-order valence-corrected chi connectivity index (χ2v) is 4.46. The van der Waals surface area contributed by atoms with Crippen LogP contribution in [-0.4, -0.2) is 42.6 Å². The molecule has 2 heterocycles. The Balaban J connectivity index is 2.00. The fourth-order valence-electron chi connectivity index (χ4n) is 1.89. The van der Waals surface area contributed by atoms with E-state index in [2.05, 4.69) is 4.98 Å². The number of carbonyl (C=O) groups is 1. The summed E-state index contributed by atoms with van der Waals surface area (Å²) in [7, 11) is 1.77. The Morgan fingerprint density at radius 2 is 2.35 bits per heavy atom. The standard InChI is InChI=1S/C12H17N3O2/c1-15(6-10-4-2-3-5-14-10)11(16)12(7-13)8-17-9-12/h2-5H,6-9,13H2,1H3.